The maximum Gasteiger partial charge on any atom is 0.326 e. The van der Waals surface area contributed by atoms with Crippen LogP contribution in [-0.2, 0) is 41.6 Å². The third kappa shape index (κ3) is 13.5. The molecule has 0 unspecified atom stereocenters. The van der Waals surface area contributed by atoms with E-state index < -0.39 is 77.7 Å². The number of unbranched alkanes of at least 4 members (excludes halogenated alkanes) is 1. The Bertz CT molecular complexity index is 1540. The zero-order valence-electron chi connectivity index (χ0n) is 32.0. The summed E-state index contributed by atoms with van der Waals surface area (Å²) in [4.78, 5) is 82.0. The molecular formula is C40H59N7O7. The second kappa shape index (κ2) is 21.8. The largest absolute Gasteiger partial charge is 0.480 e. The van der Waals surface area contributed by atoms with Crippen LogP contribution in [0.5, 0.6) is 0 Å². The van der Waals surface area contributed by atoms with E-state index in [0.29, 0.717) is 38.6 Å². The van der Waals surface area contributed by atoms with Gasteiger partial charge >= 0.3 is 5.97 Å². The number of carboxylic acids is 1. The first-order valence-corrected chi connectivity index (χ1v) is 19.0. The van der Waals surface area contributed by atoms with Crippen LogP contribution >= 0.6 is 0 Å². The molecule has 3 rings (SSSR count). The van der Waals surface area contributed by atoms with E-state index >= 15 is 0 Å². The Labute approximate surface area is 318 Å². The summed E-state index contributed by atoms with van der Waals surface area (Å²) in [6.45, 7) is 8.05. The molecule has 296 valence electrons. The van der Waals surface area contributed by atoms with Crippen molar-refractivity contribution in [3.63, 3.8) is 0 Å². The van der Waals surface area contributed by atoms with E-state index in [1.807, 2.05) is 74.5 Å². The standard InChI is InChI=1S/C40H59N7O7/c1-25(2)22-30(43-35(48)29(42)18-11-12-20-41)36(49)44-31(23-27-14-7-5-8-15-27)37(50)46-34(26(3)4)38(51)45-32(24-28-16-9-6-10-17-28)39(52)47-21-13-19-33(47)40(53)54/h5-10,14-17,25-26,29-34H,11-13,18-24,41-42H2,1-4H3,(H,43,48)(H,44,49)(H,45,51)(H,46,50)(H,53,54)/t29-,30-,31-,32-,33-,34-/m0/s1. The van der Waals surface area contributed by atoms with Gasteiger partial charge in [0.15, 0.2) is 0 Å². The number of carbonyl (C=O) groups excluding carboxylic acids is 5. The van der Waals surface area contributed by atoms with Crippen LogP contribution in [0, 0.1) is 11.8 Å². The zero-order valence-corrected chi connectivity index (χ0v) is 32.0. The van der Waals surface area contributed by atoms with Crippen LogP contribution in [0.1, 0.15) is 77.3 Å². The van der Waals surface area contributed by atoms with E-state index in [4.69, 9.17) is 11.5 Å². The average molecular weight is 750 g/mol. The highest BCUT2D eigenvalue weighted by atomic mass is 16.4. The number of benzene rings is 2. The van der Waals surface area contributed by atoms with Crippen LogP contribution in [0.2, 0.25) is 0 Å². The van der Waals surface area contributed by atoms with Gasteiger partial charge in [0, 0.05) is 19.4 Å². The fraction of sp³-hybridized carbons (Fsp3) is 0.550. The van der Waals surface area contributed by atoms with Crippen molar-refractivity contribution in [3.05, 3.63) is 71.8 Å². The number of carboxylic acid groups (broad SMARTS) is 1. The Balaban J connectivity index is 1.84. The van der Waals surface area contributed by atoms with Gasteiger partial charge < -0.3 is 42.7 Å². The van der Waals surface area contributed by atoms with Gasteiger partial charge in [-0.1, -0.05) is 94.8 Å². The van der Waals surface area contributed by atoms with Crippen molar-refractivity contribution in [2.75, 3.05) is 13.1 Å². The lowest BCUT2D eigenvalue weighted by Crippen LogP contribution is -2.61. The molecule has 1 aliphatic heterocycles. The van der Waals surface area contributed by atoms with Gasteiger partial charge in [0.1, 0.15) is 30.2 Å². The van der Waals surface area contributed by atoms with Crippen molar-refractivity contribution in [1.82, 2.24) is 26.2 Å². The molecule has 2 aromatic carbocycles. The van der Waals surface area contributed by atoms with Crippen molar-refractivity contribution < 1.29 is 33.9 Å². The molecule has 1 saturated heterocycles. The van der Waals surface area contributed by atoms with Crippen molar-refractivity contribution in [3.8, 4) is 0 Å². The molecular weight excluding hydrogens is 690 g/mol. The molecule has 0 aromatic heterocycles. The Morgan fingerprint density at radius 1 is 0.741 bits per heavy atom. The number of likely N-dealkylation sites (tertiary alicyclic amines) is 1. The molecule has 14 heteroatoms. The molecule has 14 nitrogen and oxygen atoms in total. The van der Waals surface area contributed by atoms with Crippen LogP contribution in [0.15, 0.2) is 60.7 Å². The van der Waals surface area contributed by atoms with Gasteiger partial charge in [-0.05, 0) is 61.6 Å². The quantitative estimate of drug-likeness (QED) is 0.0920. The zero-order chi connectivity index (χ0) is 39.8. The number of carbonyl (C=O) groups is 6. The summed E-state index contributed by atoms with van der Waals surface area (Å²) >= 11 is 0. The average Bonchev–Trinajstić information content (AvgIpc) is 3.64. The molecule has 0 bridgehead atoms. The minimum Gasteiger partial charge on any atom is -0.480 e. The van der Waals surface area contributed by atoms with E-state index in [1.54, 1.807) is 13.8 Å². The smallest absolute Gasteiger partial charge is 0.326 e. The van der Waals surface area contributed by atoms with Crippen molar-refractivity contribution in [1.29, 1.82) is 0 Å². The molecule has 0 radical (unpaired) electrons. The number of hydrogen-bond donors (Lipinski definition) is 7. The van der Waals surface area contributed by atoms with E-state index in [9.17, 15) is 33.9 Å². The fourth-order valence-corrected chi connectivity index (χ4v) is 6.54. The second-order valence-corrected chi connectivity index (χ2v) is 14.8. The first-order chi connectivity index (χ1) is 25.7. The molecule has 0 saturated carbocycles. The number of rotatable bonds is 21. The number of aliphatic carboxylic acids is 1. The van der Waals surface area contributed by atoms with Crippen molar-refractivity contribution in [2.45, 2.75) is 115 Å². The third-order valence-corrected chi connectivity index (χ3v) is 9.53. The Morgan fingerprint density at radius 2 is 1.28 bits per heavy atom. The highest BCUT2D eigenvalue weighted by molar-refractivity contribution is 5.96. The normalized spacial score (nSPS) is 16.9. The Kier molecular flexibility index (Phi) is 17.6. The Hall–Kier alpha value is -4.82. The summed E-state index contributed by atoms with van der Waals surface area (Å²) in [6.07, 6.45) is 3.13. The second-order valence-electron chi connectivity index (χ2n) is 14.8. The summed E-state index contributed by atoms with van der Waals surface area (Å²) in [5.74, 6) is -4.36. The van der Waals surface area contributed by atoms with E-state index in [2.05, 4.69) is 21.3 Å². The summed E-state index contributed by atoms with van der Waals surface area (Å²) in [5.41, 5.74) is 13.2. The molecule has 6 atom stereocenters. The van der Waals surface area contributed by atoms with Crippen LogP contribution < -0.4 is 32.7 Å². The van der Waals surface area contributed by atoms with Crippen LogP contribution in [0.4, 0.5) is 0 Å². The van der Waals surface area contributed by atoms with Gasteiger partial charge in [-0.3, -0.25) is 24.0 Å². The molecule has 0 spiro atoms. The SMILES string of the molecule is CC(C)C[C@H](NC(=O)[C@@H](N)CCCCN)C(=O)N[C@@H](Cc1ccccc1)C(=O)N[C@H](C(=O)N[C@@H](Cc1ccccc1)C(=O)N1CCC[C@H]1C(=O)O)C(C)C. The number of nitrogens with one attached hydrogen (secondary N) is 4. The lowest BCUT2D eigenvalue weighted by Gasteiger charge is -2.30. The number of nitrogens with zero attached hydrogens (tertiary/aromatic N) is 1. The van der Waals surface area contributed by atoms with Gasteiger partial charge in [-0.15, -0.1) is 0 Å². The monoisotopic (exact) mass is 749 g/mol. The van der Waals surface area contributed by atoms with E-state index in [-0.39, 0.29) is 25.3 Å². The summed E-state index contributed by atoms with van der Waals surface area (Å²) in [6, 6.07) is 12.0. The van der Waals surface area contributed by atoms with Gasteiger partial charge in [0.25, 0.3) is 0 Å². The third-order valence-electron chi connectivity index (χ3n) is 9.53. The minimum atomic E-state index is -1.14. The van der Waals surface area contributed by atoms with Gasteiger partial charge in [-0.2, -0.15) is 0 Å². The lowest BCUT2D eigenvalue weighted by atomic mass is 9.98. The number of nitrogens with two attached hydrogens (primary N) is 2. The maximum absolute atomic E-state index is 14.1. The van der Waals surface area contributed by atoms with Crippen molar-refractivity contribution >= 4 is 35.5 Å². The molecule has 0 aliphatic carbocycles. The molecule has 1 heterocycles. The summed E-state index contributed by atoms with van der Waals surface area (Å²) in [5, 5.41) is 21.0. The van der Waals surface area contributed by atoms with E-state index in [0.717, 1.165) is 17.5 Å². The highest BCUT2D eigenvalue weighted by Crippen LogP contribution is 2.20. The summed E-state index contributed by atoms with van der Waals surface area (Å²) in [7, 11) is 0. The van der Waals surface area contributed by atoms with Gasteiger partial charge in [0.05, 0.1) is 6.04 Å². The first kappa shape index (κ1) is 43.6. The maximum atomic E-state index is 14.1. The molecule has 54 heavy (non-hydrogen) atoms. The molecule has 1 fully saturated rings. The van der Waals surface area contributed by atoms with Gasteiger partial charge in [0.2, 0.25) is 29.5 Å². The predicted molar refractivity (Wildman–Crippen MR) is 206 cm³/mol. The Morgan fingerprint density at radius 3 is 1.81 bits per heavy atom. The first-order valence-electron chi connectivity index (χ1n) is 19.0. The van der Waals surface area contributed by atoms with E-state index in [1.165, 1.54) is 4.90 Å². The summed E-state index contributed by atoms with van der Waals surface area (Å²) < 4.78 is 0. The molecule has 1 aliphatic rings. The van der Waals surface area contributed by atoms with Gasteiger partial charge in [-0.25, -0.2) is 4.79 Å². The van der Waals surface area contributed by atoms with Crippen molar-refractivity contribution in [2.24, 2.45) is 23.3 Å². The lowest BCUT2D eigenvalue weighted by molar-refractivity contribution is -0.149. The van der Waals surface area contributed by atoms with Crippen LogP contribution in [-0.4, -0.2) is 94.9 Å². The highest BCUT2D eigenvalue weighted by Gasteiger charge is 2.39. The predicted octanol–water partition coefficient (Wildman–Crippen LogP) is 1.65. The topological polar surface area (TPSA) is 226 Å². The number of amides is 5. The van der Waals surface area contributed by atoms with Crippen LogP contribution in [0.25, 0.3) is 0 Å². The van der Waals surface area contributed by atoms with Crippen LogP contribution in [0.3, 0.4) is 0 Å². The minimum absolute atomic E-state index is 0.0165. The molecule has 5 amide bonds. The fourth-order valence-electron chi connectivity index (χ4n) is 6.54. The molecule has 2 aromatic rings. The number of hydrogen-bond acceptors (Lipinski definition) is 8. The molecule has 9 N–H and O–H groups in total.